The molecule has 1 aromatic rings. The number of hydrogen-bond donors (Lipinski definition) is 1. The average molecular weight is 280 g/mol. The maximum Gasteiger partial charge on any atom is 0.255 e. The molecular formula is C18H20N2O. The molecule has 0 saturated heterocycles. The minimum atomic E-state index is -0.111. The highest BCUT2D eigenvalue weighted by Gasteiger charge is 2.35. The van der Waals surface area contributed by atoms with Crippen LogP contribution >= 0.6 is 0 Å². The van der Waals surface area contributed by atoms with Crippen LogP contribution in [0.3, 0.4) is 0 Å². The third-order valence-electron chi connectivity index (χ3n) is 4.06. The number of nitrogens with zero attached hydrogens (tertiary/aromatic N) is 1. The van der Waals surface area contributed by atoms with Crippen molar-refractivity contribution >= 4 is 11.6 Å². The van der Waals surface area contributed by atoms with Gasteiger partial charge in [-0.05, 0) is 37.0 Å². The monoisotopic (exact) mass is 280 g/mol. The minimum Gasteiger partial charge on any atom is -0.347 e. The van der Waals surface area contributed by atoms with Crippen LogP contribution in [0, 0.1) is 0 Å². The molecule has 0 spiro atoms. The molecule has 3 rings (SSSR count). The molecule has 3 heteroatoms. The first-order chi connectivity index (χ1) is 10.3. The number of carbonyl (C=O) groups is 1. The molecule has 0 aromatic heterocycles. The van der Waals surface area contributed by atoms with Crippen LogP contribution < -0.4 is 10.2 Å². The third kappa shape index (κ3) is 2.29. The third-order valence-corrected chi connectivity index (χ3v) is 4.06. The Kier molecular flexibility index (Phi) is 3.65. The fourth-order valence-corrected chi connectivity index (χ4v) is 3.23. The first-order valence-electron chi connectivity index (χ1n) is 7.41. The fourth-order valence-electron chi connectivity index (χ4n) is 3.23. The van der Waals surface area contributed by atoms with Crippen LogP contribution in [-0.4, -0.2) is 18.6 Å². The Morgan fingerprint density at radius 2 is 2.33 bits per heavy atom. The molecule has 1 atom stereocenters. The molecule has 1 amide bonds. The average Bonchev–Trinajstić information content (AvgIpc) is 2.50. The van der Waals surface area contributed by atoms with Gasteiger partial charge in [0, 0.05) is 6.54 Å². The lowest BCUT2D eigenvalue weighted by Gasteiger charge is -2.43. The molecular weight excluding hydrogens is 260 g/mol. The number of rotatable bonds is 3. The molecule has 0 saturated carbocycles. The maximum atomic E-state index is 12.4. The normalized spacial score (nSPS) is 21.2. The minimum absolute atomic E-state index is 0.00876. The molecule has 3 nitrogen and oxygen atoms in total. The molecule has 0 aliphatic carbocycles. The standard InChI is InChI=1S/C18H20N2O/c1-3-7-14(8-4-2)17-19-18(21)15-11-5-9-13-10-6-12-20(17)16(13)15/h3-5,7-9,11,17H,1,6,10,12H2,2H3,(H,19,21)/b8-4-,14-7+/t17-/m0/s1. The molecule has 108 valence electrons. The fraction of sp³-hybridized carbons (Fsp3) is 0.278. The van der Waals surface area contributed by atoms with E-state index in [-0.39, 0.29) is 12.1 Å². The Morgan fingerprint density at radius 1 is 1.48 bits per heavy atom. The Morgan fingerprint density at radius 3 is 3.10 bits per heavy atom. The lowest BCUT2D eigenvalue weighted by molar-refractivity contribution is 0.0933. The Labute approximate surface area is 125 Å². The second-order valence-electron chi connectivity index (χ2n) is 5.39. The molecule has 1 aromatic carbocycles. The molecule has 1 N–H and O–H groups in total. The molecule has 2 heterocycles. The summed E-state index contributed by atoms with van der Waals surface area (Å²) in [5, 5.41) is 3.12. The smallest absolute Gasteiger partial charge is 0.255 e. The zero-order chi connectivity index (χ0) is 14.8. The Bertz CT molecular complexity index is 643. The van der Waals surface area contributed by atoms with Gasteiger partial charge in [-0.15, -0.1) is 0 Å². The van der Waals surface area contributed by atoms with E-state index < -0.39 is 0 Å². The van der Waals surface area contributed by atoms with Crippen molar-refractivity contribution in [3.8, 4) is 0 Å². The summed E-state index contributed by atoms with van der Waals surface area (Å²) in [6.07, 6.45) is 9.81. The van der Waals surface area contributed by atoms with E-state index in [2.05, 4.69) is 22.9 Å². The summed E-state index contributed by atoms with van der Waals surface area (Å²) in [7, 11) is 0. The van der Waals surface area contributed by atoms with Crippen LogP contribution in [0.4, 0.5) is 5.69 Å². The Hall–Kier alpha value is -2.29. The molecule has 0 fully saturated rings. The SMILES string of the molecule is C=C/C=C(\C=C/C)[C@H]1NC(=O)c2cccc3c2N1CCC3. The van der Waals surface area contributed by atoms with Crippen molar-refractivity contribution in [2.45, 2.75) is 25.9 Å². The Balaban J connectivity index is 2.11. The van der Waals surface area contributed by atoms with E-state index in [1.165, 1.54) is 5.56 Å². The van der Waals surface area contributed by atoms with Gasteiger partial charge >= 0.3 is 0 Å². The summed E-state index contributed by atoms with van der Waals surface area (Å²) in [5.74, 6) is 0.00876. The highest BCUT2D eigenvalue weighted by atomic mass is 16.2. The second-order valence-corrected chi connectivity index (χ2v) is 5.39. The predicted octanol–water partition coefficient (Wildman–Crippen LogP) is 3.20. The summed E-state index contributed by atoms with van der Waals surface area (Å²) in [4.78, 5) is 14.7. The zero-order valence-corrected chi connectivity index (χ0v) is 12.3. The van der Waals surface area contributed by atoms with E-state index in [0.717, 1.165) is 36.2 Å². The van der Waals surface area contributed by atoms with Crippen LogP contribution in [0.2, 0.25) is 0 Å². The van der Waals surface area contributed by atoms with Gasteiger partial charge in [-0.2, -0.15) is 0 Å². The van der Waals surface area contributed by atoms with Crippen LogP contribution in [0.25, 0.3) is 0 Å². The van der Waals surface area contributed by atoms with Gasteiger partial charge in [0.15, 0.2) is 0 Å². The first-order valence-corrected chi connectivity index (χ1v) is 7.41. The van der Waals surface area contributed by atoms with Crippen LogP contribution in [0.5, 0.6) is 0 Å². The lowest BCUT2D eigenvalue weighted by Crippen LogP contribution is -2.55. The van der Waals surface area contributed by atoms with Crippen LogP contribution in [0.1, 0.15) is 29.3 Å². The van der Waals surface area contributed by atoms with E-state index in [0.29, 0.717) is 0 Å². The number of para-hydroxylation sites is 1. The number of aryl methyl sites for hydroxylation is 1. The van der Waals surface area contributed by atoms with Crippen molar-refractivity contribution in [3.63, 3.8) is 0 Å². The van der Waals surface area contributed by atoms with Gasteiger partial charge in [-0.1, -0.05) is 43.0 Å². The number of amides is 1. The quantitative estimate of drug-likeness (QED) is 0.862. The highest BCUT2D eigenvalue weighted by molar-refractivity contribution is 6.03. The largest absolute Gasteiger partial charge is 0.347 e. The number of benzene rings is 1. The maximum absolute atomic E-state index is 12.4. The van der Waals surface area contributed by atoms with E-state index in [1.54, 1.807) is 6.08 Å². The summed E-state index contributed by atoms with van der Waals surface area (Å²) in [6, 6.07) is 6.02. The van der Waals surface area contributed by atoms with Crippen molar-refractivity contribution in [1.82, 2.24) is 5.32 Å². The second kappa shape index (κ2) is 5.60. The molecule has 0 bridgehead atoms. The van der Waals surface area contributed by atoms with Crippen molar-refractivity contribution in [2.75, 3.05) is 11.4 Å². The van der Waals surface area contributed by atoms with Crippen molar-refractivity contribution in [1.29, 1.82) is 0 Å². The van der Waals surface area contributed by atoms with E-state index in [9.17, 15) is 4.79 Å². The summed E-state index contributed by atoms with van der Waals surface area (Å²) in [5.41, 5.74) is 4.24. The van der Waals surface area contributed by atoms with Gasteiger partial charge < -0.3 is 10.2 Å². The summed E-state index contributed by atoms with van der Waals surface area (Å²) >= 11 is 0. The van der Waals surface area contributed by atoms with Gasteiger partial charge in [-0.25, -0.2) is 0 Å². The van der Waals surface area contributed by atoms with Gasteiger partial charge in [0.25, 0.3) is 5.91 Å². The lowest BCUT2D eigenvalue weighted by atomic mass is 9.93. The molecule has 0 unspecified atom stereocenters. The van der Waals surface area contributed by atoms with E-state index in [4.69, 9.17) is 0 Å². The van der Waals surface area contributed by atoms with Crippen LogP contribution in [0.15, 0.2) is 54.7 Å². The number of nitrogens with one attached hydrogen (secondary N) is 1. The number of hydrogen-bond acceptors (Lipinski definition) is 2. The number of allylic oxidation sites excluding steroid dienone is 3. The number of anilines is 1. The van der Waals surface area contributed by atoms with Gasteiger partial charge in [0.2, 0.25) is 0 Å². The molecule has 21 heavy (non-hydrogen) atoms. The van der Waals surface area contributed by atoms with Crippen molar-refractivity contribution in [3.05, 3.63) is 65.8 Å². The molecule has 2 aliphatic rings. The molecule has 0 radical (unpaired) electrons. The van der Waals surface area contributed by atoms with Gasteiger partial charge in [-0.3, -0.25) is 4.79 Å². The molecule has 2 aliphatic heterocycles. The van der Waals surface area contributed by atoms with Gasteiger partial charge in [0.1, 0.15) is 6.17 Å². The predicted molar refractivity (Wildman–Crippen MR) is 86.5 cm³/mol. The van der Waals surface area contributed by atoms with Crippen LogP contribution in [-0.2, 0) is 6.42 Å². The summed E-state index contributed by atoms with van der Waals surface area (Å²) in [6.45, 7) is 6.72. The topological polar surface area (TPSA) is 32.3 Å². The van der Waals surface area contributed by atoms with Crippen molar-refractivity contribution in [2.24, 2.45) is 0 Å². The highest BCUT2D eigenvalue weighted by Crippen LogP contribution is 2.36. The first kappa shape index (κ1) is 13.7. The number of carbonyl (C=O) groups excluding carboxylic acids is 1. The summed E-state index contributed by atoms with van der Waals surface area (Å²) < 4.78 is 0. The van der Waals surface area contributed by atoms with E-state index in [1.807, 2.05) is 37.3 Å². The van der Waals surface area contributed by atoms with Crippen molar-refractivity contribution < 1.29 is 4.79 Å². The van der Waals surface area contributed by atoms with E-state index >= 15 is 0 Å². The van der Waals surface area contributed by atoms with Gasteiger partial charge in [0.05, 0.1) is 11.3 Å². The zero-order valence-electron chi connectivity index (χ0n) is 12.3.